The van der Waals surface area contributed by atoms with Crippen molar-refractivity contribution >= 4 is 6.16 Å². The standard InChI is InChI=1S/C13H18O5/c1-13(2,15)8-9-17-12(14)18-11-6-4-10(16-3)5-7-11/h4-7,15H,8-9H2,1-3H3. The smallest absolute Gasteiger partial charge is 0.497 e. The van der Waals surface area contributed by atoms with Crippen LogP contribution in [0.4, 0.5) is 4.79 Å². The van der Waals surface area contributed by atoms with Crippen molar-refractivity contribution in [2.24, 2.45) is 0 Å². The molecule has 100 valence electrons. The lowest BCUT2D eigenvalue weighted by Gasteiger charge is -2.16. The van der Waals surface area contributed by atoms with E-state index >= 15 is 0 Å². The topological polar surface area (TPSA) is 65.0 Å². The number of methoxy groups -OCH3 is 1. The van der Waals surface area contributed by atoms with Crippen LogP contribution in [0.25, 0.3) is 0 Å². The monoisotopic (exact) mass is 254 g/mol. The van der Waals surface area contributed by atoms with E-state index in [0.717, 1.165) is 0 Å². The molecule has 1 aromatic carbocycles. The van der Waals surface area contributed by atoms with Gasteiger partial charge in [0.15, 0.2) is 0 Å². The Hall–Kier alpha value is -1.75. The van der Waals surface area contributed by atoms with Crippen LogP contribution in [-0.2, 0) is 4.74 Å². The normalized spacial score (nSPS) is 10.9. The zero-order valence-corrected chi connectivity index (χ0v) is 10.8. The van der Waals surface area contributed by atoms with Crippen molar-refractivity contribution < 1.29 is 24.1 Å². The molecule has 5 nitrogen and oxygen atoms in total. The molecule has 0 saturated heterocycles. The highest BCUT2D eigenvalue weighted by molar-refractivity contribution is 5.63. The summed E-state index contributed by atoms with van der Waals surface area (Å²) in [7, 11) is 1.56. The first-order valence-electron chi connectivity index (χ1n) is 5.62. The molecule has 0 amide bonds. The highest BCUT2D eigenvalue weighted by Crippen LogP contribution is 2.17. The number of rotatable bonds is 5. The van der Waals surface area contributed by atoms with Crippen LogP contribution in [0.1, 0.15) is 20.3 Å². The second-order valence-corrected chi connectivity index (χ2v) is 4.44. The third-order valence-corrected chi connectivity index (χ3v) is 2.19. The third kappa shape index (κ3) is 5.54. The van der Waals surface area contributed by atoms with Gasteiger partial charge in [-0.05, 0) is 38.1 Å². The minimum absolute atomic E-state index is 0.110. The molecular weight excluding hydrogens is 236 g/mol. The summed E-state index contributed by atoms with van der Waals surface area (Å²) in [4.78, 5) is 11.3. The molecule has 0 saturated carbocycles. The van der Waals surface area contributed by atoms with Gasteiger partial charge in [0.25, 0.3) is 0 Å². The zero-order valence-electron chi connectivity index (χ0n) is 10.8. The van der Waals surface area contributed by atoms with Crippen LogP contribution in [-0.4, -0.2) is 30.6 Å². The average molecular weight is 254 g/mol. The Morgan fingerprint density at radius 3 is 2.28 bits per heavy atom. The highest BCUT2D eigenvalue weighted by Gasteiger charge is 2.14. The van der Waals surface area contributed by atoms with Crippen LogP contribution in [0.5, 0.6) is 11.5 Å². The number of ether oxygens (including phenoxy) is 3. The van der Waals surface area contributed by atoms with E-state index in [1.165, 1.54) is 0 Å². The summed E-state index contributed by atoms with van der Waals surface area (Å²) in [6.45, 7) is 3.40. The van der Waals surface area contributed by atoms with Crippen molar-refractivity contribution in [3.05, 3.63) is 24.3 Å². The van der Waals surface area contributed by atoms with Crippen molar-refractivity contribution in [2.75, 3.05) is 13.7 Å². The molecule has 0 atom stereocenters. The van der Waals surface area contributed by atoms with E-state index < -0.39 is 11.8 Å². The lowest BCUT2D eigenvalue weighted by molar-refractivity contribution is 0.0346. The van der Waals surface area contributed by atoms with E-state index in [2.05, 4.69) is 0 Å². The maximum Gasteiger partial charge on any atom is 0.513 e. The number of hydrogen-bond donors (Lipinski definition) is 1. The van der Waals surface area contributed by atoms with E-state index in [1.807, 2.05) is 0 Å². The van der Waals surface area contributed by atoms with Gasteiger partial charge in [-0.15, -0.1) is 0 Å². The molecule has 0 aliphatic rings. The van der Waals surface area contributed by atoms with Crippen molar-refractivity contribution in [2.45, 2.75) is 25.9 Å². The van der Waals surface area contributed by atoms with Gasteiger partial charge in [0.1, 0.15) is 11.5 Å². The predicted molar refractivity (Wildman–Crippen MR) is 65.9 cm³/mol. The predicted octanol–water partition coefficient (Wildman–Crippen LogP) is 2.37. The molecule has 1 rings (SSSR count). The molecule has 0 spiro atoms. The summed E-state index contributed by atoms with van der Waals surface area (Å²) in [6.07, 6.45) is -0.436. The summed E-state index contributed by atoms with van der Waals surface area (Å²) in [6, 6.07) is 6.57. The second-order valence-electron chi connectivity index (χ2n) is 4.44. The van der Waals surface area contributed by atoms with Crippen molar-refractivity contribution in [1.82, 2.24) is 0 Å². The number of aliphatic hydroxyl groups is 1. The molecule has 0 radical (unpaired) electrons. The number of benzene rings is 1. The van der Waals surface area contributed by atoms with Crippen molar-refractivity contribution in [3.63, 3.8) is 0 Å². The molecule has 0 fully saturated rings. The number of carbonyl (C=O) groups excluding carboxylic acids is 1. The van der Waals surface area contributed by atoms with Crippen LogP contribution >= 0.6 is 0 Å². The third-order valence-electron chi connectivity index (χ3n) is 2.19. The fourth-order valence-corrected chi connectivity index (χ4v) is 1.15. The molecule has 0 aliphatic carbocycles. The van der Waals surface area contributed by atoms with Crippen LogP contribution in [0.15, 0.2) is 24.3 Å². The van der Waals surface area contributed by atoms with E-state index in [1.54, 1.807) is 45.2 Å². The molecule has 18 heavy (non-hydrogen) atoms. The highest BCUT2D eigenvalue weighted by atomic mass is 16.7. The maximum absolute atomic E-state index is 11.3. The Morgan fingerprint density at radius 2 is 1.78 bits per heavy atom. The summed E-state index contributed by atoms with van der Waals surface area (Å²) in [5.41, 5.74) is -0.861. The second kappa shape index (κ2) is 6.26. The van der Waals surface area contributed by atoms with E-state index in [4.69, 9.17) is 14.2 Å². The number of carbonyl (C=O) groups is 1. The van der Waals surface area contributed by atoms with Gasteiger partial charge in [-0.2, -0.15) is 0 Å². The van der Waals surface area contributed by atoms with Gasteiger partial charge in [-0.3, -0.25) is 0 Å². The lowest BCUT2D eigenvalue weighted by Crippen LogP contribution is -2.22. The molecule has 0 aromatic heterocycles. The van der Waals surface area contributed by atoms with E-state index in [0.29, 0.717) is 17.9 Å². The van der Waals surface area contributed by atoms with Gasteiger partial charge in [-0.1, -0.05) is 0 Å². The van der Waals surface area contributed by atoms with Crippen LogP contribution in [0.2, 0.25) is 0 Å². The first-order chi connectivity index (χ1) is 8.40. The summed E-state index contributed by atoms with van der Waals surface area (Å²) >= 11 is 0. The van der Waals surface area contributed by atoms with Gasteiger partial charge in [0.2, 0.25) is 0 Å². The molecule has 5 heteroatoms. The molecule has 0 heterocycles. The van der Waals surface area contributed by atoms with Crippen LogP contribution < -0.4 is 9.47 Å². The van der Waals surface area contributed by atoms with Gasteiger partial charge in [-0.25, -0.2) is 4.79 Å². The molecule has 0 aliphatic heterocycles. The summed E-state index contributed by atoms with van der Waals surface area (Å²) < 4.78 is 14.7. The quantitative estimate of drug-likeness (QED) is 0.645. The Balaban J connectivity index is 2.35. The van der Waals surface area contributed by atoms with Gasteiger partial charge in [0.05, 0.1) is 19.3 Å². The maximum atomic E-state index is 11.3. The Labute approximate surface area is 106 Å². The summed E-state index contributed by atoms with van der Waals surface area (Å²) in [5, 5.41) is 9.43. The molecule has 1 aromatic rings. The van der Waals surface area contributed by atoms with Gasteiger partial charge in [0, 0.05) is 6.42 Å². The lowest BCUT2D eigenvalue weighted by atomic mass is 10.1. The van der Waals surface area contributed by atoms with Crippen LogP contribution in [0.3, 0.4) is 0 Å². The minimum atomic E-state index is -0.861. The van der Waals surface area contributed by atoms with Crippen molar-refractivity contribution in [1.29, 1.82) is 0 Å². The Bertz CT molecular complexity index is 377. The van der Waals surface area contributed by atoms with E-state index in [-0.39, 0.29) is 6.61 Å². The fourth-order valence-electron chi connectivity index (χ4n) is 1.15. The molecule has 1 N–H and O–H groups in total. The summed E-state index contributed by atoms with van der Waals surface area (Å²) in [5.74, 6) is 1.06. The zero-order chi connectivity index (χ0) is 13.6. The molecular formula is C13H18O5. The fraction of sp³-hybridized carbons (Fsp3) is 0.462. The Kier molecular flexibility index (Phi) is 4.97. The Morgan fingerprint density at radius 1 is 1.22 bits per heavy atom. The van der Waals surface area contributed by atoms with Crippen LogP contribution in [0, 0.1) is 0 Å². The van der Waals surface area contributed by atoms with Gasteiger partial charge < -0.3 is 19.3 Å². The number of hydrogen-bond acceptors (Lipinski definition) is 5. The van der Waals surface area contributed by atoms with E-state index in [9.17, 15) is 9.90 Å². The molecule has 0 bridgehead atoms. The average Bonchev–Trinajstić information content (AvgIpc) is 2.28. The van der Waals surface area contributed by atoms with Crippen molar-refractivity contribution in [3.8, 4) is 11.5 Å². The molecule has 0 unspecified atom stereocenters. The van der Waals surface area contributed by atoms with Gasteiger partial charge >= 0.3 is 6.16 Å². The first-order valence-corrected chi connectivity index (χ1v) is 5.62. The minimum Gasteiger partial charge on any atom is -0.497 e. The largest absolute Gasteiger partial charge is 0.513 e. The first kappa shape index (κ1) is 14.3. The SMILES string of the molecule is COc1ccc(OC(=O)OCCC(C)(C)O)cc1.